The lowest BCUT2D eigenvalue weighted by Gasteiger charge is -2.20. The molecule has 0 radical (unpaired) electrons. The zero-order valence-electron chi connectivity index (χ0n) is 11.2. The Balaban J connectivity index is 2.46. The minimum Gasteiger partial charge on any atom is -0.469 e. The smallest absolute Gasteiger partial charge is 0.314 e. The van der Waals surface area contributed by atoms with Gasteiger partial charge in [0.25, 0.3) is 0 Å². The van der Waals surface area contributed by atoms with Gasteiger partial charge in [0.1, 0.15) is 5.92 Å². The Labute approximate surface area is 118 Å². The zero-order valence-corrected chi connectivity index (χ0v) is 11.2. The molecule has 20 heavy (non-hydrogen) atoms. The second kappa shape index (κ2) is 6.53. The lowest BCUT2D eigenvalue weighted by atomic mass is 9.82. The number of nitrogens with zero attached hydrogens (tertiary/aromatic N) is 1. The number of hydrogen-bond donors (Lipinski definition) is 0. The average Bonchev–Trinajstić information content (AvgIpc) is 2.53. The summed E-state index contributed by atoms with van der Waals surface area (Å²) in [6, 6.07) is 20.8. The highest BCUT2D eigenvalue weighted by atomic mass is 16.5. The molecule has 0 aliphatic carbocycles. The number of rotatable bonds is 4. The standard InChI is InChI=1S/C17H15NO2/c1-20-17(19)16(14-10-6-3-7-11-14)15(12-18)13-8-4-2-5-9-13/h2-11,15-16H,1H3. The van der Waals surface area contributed by atoms with Crippen LogP contribution in [0.4, 0.5) is 0 Å². The molecule has 0 spiro atoms. The van der Waals surface area contributed by atoms with Gasteiger partial charge in [0.05, 0.1) is 19.1 Å². The average molecular weight is 265 g/mol. The Morgan fingerprint density at radius 3 is 1.95 bits per heavy atom. The van der Waals surface area contributed by atoms with Crippen LogP contribution in [0.15, 0.2) is 60.7 Å². The number of carbonyl (C=O) groups excluding carboxylic acids is 1. The summed E-state index contributed by atoms with van der Waals surface area (Å²) in [6.07, 6.45) is 0. The summed E-state index contributed by atoms with van der Waals surface area (Å²) >= 11 is 0. The van der Waals surface area contributed by atoms with Crippen molar-refractivity contribution in [2.75, 3.05) is 7.11 Å². The van der Waals surface area contributed by atoms with Crippen molar-refractivity contribution in [2.45, 2.75) is 11.8 Å². The van der Waals surface area contributed by atoms with Crippen molar-refractivity contribution >= 4 is 5.97 Å². The predicted molar refractivity (Wildman–Crippen MR) is 76.0 cm³/mol. The third-order valence-corrected chi connectivity index (χ3v) is 3.24. The van der Waals surface area contributed by atoms with E-state index in [2.05, 4.69) is 6.07 Å². The van der Waals surface area contributed by atoms with Crippen LogP contribution in [-0.2, 0) is 9.53 Å². The number of methoxy groups -OCH3 is 1. The Hall–Kier alpha value is -2.60. The summed E-state index contributed by atoms with van der Waals surface area (Å²) in [7, 11) is 1.34. The van der Waals surface area contributed by atoms with E-state index in [1.54, 1.807) is 0 Å². The molecule has 0 amide bonds. The van der Waals surface area contributed by atoms with E-state index in [0.29, 0.717) is 0 Å². The highest BCUT2D eigenvalue weighted by molar-refractivity contribution is 5.80. The van der Waals surface area contributed by atoms with E-state index in [1.165, 1.54) is 7.11 Å². The number of carbonyl (C=O) groups is 1. The van der Waals surface area contributed by atoms with Crippen molar-refractivity contribution in [3.8, 4) is 6.07 Å². The number of ether oxygens (including phenoxy) is 1. The first-order valence-electron chi connectivity index (χ1n) is 6.35. The Kier molecular flexibility index (Phi) is 4.52. The molecule has 2 aromatic carbocycles. The molecule has 0 saturated heterocycles. The molecule has 2 rings (SSSR count). The highest BCUT2D eigenvalue weighted by Crippen LogP contribution is 2.33. The second-order valence-electron chi connectivity index (χ2n) is 4.43. The Morgan fingerprint density at radius 2 is 1.50 bits per heavy atom. The summed E-state index contributed by atoms with van der Waals surface area (Å²) in [5.41, 5.74) is 1.60. The van der Waals surface area contributed by atoms with Crippen LogP contribution in [0.1, 0.15) is 23.0 Å². The van der Waals surface area contributed by atoms with Crippen LogP contribution in [0.5, 0.6) is 0 Å². The summed E-state index contributed by atoms with van der Waals surface area (Å²) in [5, 5.41) is 9.50. The number of hydrogen-bond acceptors (Lipinski definition) is 3. The number of benzene rings is 2. The Morgan fingerprint density at radius 1 is 1.00 bits per heavy atom. The van der Waals surface area contributed by atoms with E-state index in [9.17, 15) is 10.1 Å². The molecular formula is C17H15NO2. The predicted octanol–water partition coefficient (Wildman–Crippen LogP) is 3.25. The van der Waals surface area contributed by atoms with Gasteiger partial charge in [-0.25, -0.2) is 0 Å². The molecule has 2 atom stereocenters. The number of esters is 1. The van der Waals surface area contributed by atoms with Gasteiger partial charge in [0.15, 0.2) is 0 Å². The minimum absolute atomic E-state index is 0.397. The first-order valence-corrected chi connectivity index (χ1v) is 6.35. The van der Waals surface area contributed by atoms with Crippen LogP contribution in [0.3, 0.4) is 0 Å². The minimum atomic E-state index is -0.617. The molecule has 3 nitrogen and oxygen atoms in total. The first-order chi connectivity index (χ1) is 9.77. The lowest BCUT2D eigenvalue weighted by molar-refractivity contribution is -0.142. The van der Waals surface area contributed by atoms with E-state index >= 15 is 0 Å². The monoisotopic (exact) mass is 265 g/mol. The maximum atomic E-state index is 12.1. The molecule has 0 fully saturated rings. The molecule has 0 aliphatic heterocycles. The third-order valence-electron chi connectivity index (χ3n) is 3.24. The molecule has 0 saturated carbocycles. The lowest BCUT2D eigenvalue weighted by Crippen LogP contribution is -2.21. The van der Waals surface area contributed by atoms with E-state index in [1.807, 2.05) is 60.7 Å². The van der Waals surface area contributed by atoms with Gasteiger partial charge in [0, 0.05) is 0 Å². The van der Waals surface area contributed by atoms with Crippen LogP contribution in [0.2, 0.25) is 0 Å². The van der Waals surface area contributed by atoms with E-state index in [-0.39, 0.29) is 0 Å². The SMILES string of the molecule is COC(=O)C(c1ccccc1)C(C#N)c1ccccc1. The largest absolute Gasteiger partial charge is 0.469 e. The van der Waals surface area contributed by atoms with Crippen molar-refractivity contribution in [3.05, 3.63) is 71.8 Å². The summed E-state index contributed by atoms with van der Waals surface area (Å²) < 4.78 is 4.88. The van der Waals surface area contributed by atoms with Crippen molar-refractivity contribution in [3.63, 3.8) is 0 Å². The number of nitriles is 1. The fraction of sp³-hybridized carbons (Fsp3) is 0.176. The van der Waals surface area contributed by atoms with Crippen molar-refractivity contribution in [2.24, 2.45) is 0 Å². The Bertz CT molecular complexity index is 602. The van der Waals surface area contributed by atoms with Gasteiger partial charge in [-0.15, -0.1) is 0 Å². The van der Waals surface area contributed by atoms with Gasteiger partial charge in [-0.05, 0) is 11.1 Å². The van der Waals surface area contributed by atoms with Gasteiger partial charge in [-0.2, -0.15) is 5.26 Å². The van der Waals surface area contributed by atoms with Gasteiger partial charge >= 0.3 is 5.97 Å². The fourth-order valence-electron chi connectivity index (χ4n) is 2.25. The molecule has 2 unspecified atom stereocenters. The van der Waals surface area contributed by atoms with Crippen molar-refractivity contribution < 1.29 is 9.53 Å². The quantitative estimate of drug-likeness (QED) is 0.797. The molecule has 100 valence electrons. The maximum absolute atomic E-state index is 12.1. The first kappa shape index (κ1) is 13.8. The van der Waals surface area contributed by atoms with Gasteiger partial charge in [0.2, 0.25) is 0 Å². The summed E-state index contributed by atoms with van der Waals surface area (Å²) in [6.45, 7) is 0. The molecule has 0 aliphatic rings. The molecule has 2 aromatic rings. The molecule has 0 aromatic heterocycles. The molecule has 0 N–H and O–H groups in total. The van der Waals surface area contributed by atoms with Gasteiger partial charge in [-0.3, -0.25) is 4.79 Å². The van der Waals surface area contributed by atoms with E-state index in [4.69, 9.17) is 4.74 Å². The van der Waals surface area contributed by atoms with E-state index < -0.39 is 17.8 Å². The second-order valence-corrected chi connectivity index (χ2v) is 4.43. The van der Waals surface area contributed by atoms with Crippen LogP contribution in [0.25, 0.3) is 0 Å². The third kappa shape index (κ3) is 2.86. The molecular weight excluding hydrogens is 250 g/mol. The fourth-order valence-corrected chi connectivity index (χ4v) is 2.25. The van der Waals surface area contributed by atoms with Crippen LogP contribution < -0.4 is 0 Å². The van der Waals surface area contributed by atoms with Gasteiger partial charge < -0.3 is 4.74 Å². The normalized spacial score (nSPS) is 13.0. The van der Waals surface area contributed by atoms with Gasteiger partial charge in [-0.1, -0.05) is 60.7 Å². The summed E-state index contributed by atoms with van der Waals surface area (Å²) in [5.74, 6) is -1.58. The van der Waals surface area contributed by atoms with Crippen LogP contribution in [-0.4, -0.2) is 13.1 Å². The van der Waals surface area contributed by atoms with Crippen molar-refractivity contribution in [1.82, 2.24) is 0 Å². The zero-order chi connectivity index (χ0) is 14.4. The summed E-state index contributed by atoms with van der Waals surface area (Å²) in [4.78, 5) is 12.1. The van der Waals surface area contributed by atoms with Crippen LogP contribution >= 0.6 is 0 Å². The molecule has 0 heterocycles. The highest BCUT2D eigenvalue weighted by Gasteiger charge is 2.31. The van der Waals surface area contributed by atoms with Crippen LogP contribution in [0, 0.1) is 11.3 Å². The molecule has 0 bridgehead atoms. The maximum Gasteiger partial charge on any atom is 0.314 e. The van der Waals surface area contributed by atoms with Crippen molar-refractivity contribution in [1.29, 1.82) is 5.26 Å². The molecule has 3 heteroatoms. The topological polar surface area (TPSA) is 50.1 Å². The van der Waals surface area contributed by atoms with E-state index in [0.717, 1.165) is 11.1 Å².